The SMILES string of the molecule is C=Cc1ccc(C(=O)O[C@@H]2CC[C@@]3(C)C(=CC[C@H]4[C@@H]5CC[C@@H]([C@@H](C)CCCC(C)C)[C@@]5(C)CC[C@@H]43)C2)cc1. The number of rotatable bonds is 8. The number of carbonyl (C=O) groups is 1. The van der Waals surface area contributed by atoms with E-state index in [0.29, 0.717) is 16.4 Å². The fourth-order valence-electron chi connectivity index (χ4n) is 9.73. The van der Waals surface area contributed by atoms with Crippen molar-refractivity contribution in [2.24, 2.45) is 46.3 Å². The van der Waals surface area contributed by atoms with Crippen LogP contribution in [-0.2, 0) is 4.74 Å². The van der Waals surface area contributed by atoms with Crippen LogP contribution in [0.3, 0.4) is 0 Å². The summed E-state index contributed by atoms with van der Waals surface area (Å²) >= 11 is 0. The van der Waals surface area contributed by atoms with Crippen LogP contribution in [0, 0.1) is 46.3 Å². The number of hydrogen-bond acceptors (Lipinski definition) is 2. The molecule has 2 nitrogen and oxygen atoms in total. The first-order valence-corrected chi connectivity index (χ1v) is 15.8. The van der Waals surface area contributed by atoms with Crippen LogP contribution in [0.4, 0.5) is 0 Å². The van der Waals surface area contributed by atoms with E-state index in [1.807, 2.05) is 24.3 Å². The van der Waals surface area contributed by atoms with Gasteiger partial charge in [-0.05, 0) is 109 Å². The van der Waals surface area contributed by atoms with Gasteiger partial charge in [-0.3, -0.25) is 0 Å². The molecule has 38 heavy (non-hydrogen) atoms. The predicted molar refractivity (Wildman–Crippen MR) is 159 cm³/mol. The van der Waals surface area contributed by atoms with Crippen LogP contribution in [0.15, 0.2) is 42.5 Å². The topological polar surface area (TPSA) is 26.3 Å². The maximum absolute atomic E-state index is 12.9. The monoisotopic (exact) mass is 516 g/mol. The van der Waals surface area contributed by atoms with Crippen molar-refractivity contribution in [2.45, 2.75) is 111 Å². The highest BCUT2D eigenvalue weighted by molar-refractivity contribution is 5.89. The summed E-state index contributed by atoms with van der Waals surface area (Å²) in [7, 11) is 0. The van der Waals surface area contributed by atoms with E-state index < -0.39 is 0 Å². The summed E-state index contributed by atoms with van der Waals surface area (Å²) in [5.74, 6) is 4.96. The third-order valence-electron chi connectivity index (χ3n) is 11.9. The molecular formula is C36H52O2. The minimum atomic E-state index is -0.184. The molecule has 1 aromatic rings. The molecule has 0 amide bonds. The maximum Gasteiger partial charge on any atom is 0.338 e. The lowest BCUT2D eigenvalue weighted by Gasteiger charge is -2.58. The molecule has 0 aliphatic heterocycles. The van der Waals surface area contributed by atoms with E-state index in [0.717, 1.165) is 60.3 Å². The van der Waals surface area contributed by atoms with Crippen molar-refractivity contribution in [1.82, 2.24) is 0 Å². The number of benzene rings is 1. The molecule has 4 aliphatic rings. The average Bonchev–Trinajstić information content (AvgIpc) is 3.26. The molecular weight excluding hydrogens is 464 g/mol. The van der Waals surface area contributed by atoms with E-state index in [1.54, 1.807) is 11.6 Å². The molecule has 3 saturated carbocycles. The quantitative estimate of drug-likeness (QED) is 0.254. The van der Waals surface area contributed by atoms with Crippen molar-refractivity contribution in [2.75, 3.05) is 0 Å². The van der Waals surface area contributed by atoms with Gasteiger partial charge in [0.1, 0.15) is 6.10 Å². The molecule has 0 bridgehead atoms. The molecule has 4 aliphatic carbocycles. The number of carbonyl (C=O) groups excluding carboxylic acids is 1. The Hall–Kier alpha value is -1.83. The van der Waals surface area contributed by atoms with Gasteiger partial charge in [0.15, 0.2) is 0 Å². The van der Waals surface area contributed by atoms with Gasteiger partial charge in [-0.15, -0.1) is 0 Å². The Kier molecular flexibility index (Phi) is 8.01. The van der Waals surface area contributed by atoms with Crippen LogP contribution in [-0.4, -0.2) is 12.1 Å². The zero-order valence-electron chi connectivity index (χ0n) is 24.8. The van der Waals surface area contributed by atoms with Gasteiger partial charge in [-0.2, -0.15) is 0 Å². The molecule has 3 fully saturated rings. The summed E-state index contributed by atoms with van der Waals surface area (Å²) in [6, 6.07) is 7.58. The van der Waals surface area contributed by atoms with Crippen LogP contribution in [0.1, 0.15) is 121 Å². The standard InChI is InChI=1S/C36H52O2/c1-7-26-11-13-27(14-12-26)34(37)38-29-19-21-35(5)28(23-29)15-16-30-32-18-17-31(25(4)10-8-9-24(2)3)36(32,6)22-20-33(30)35/h7,11-15,24-25,29-33H,1,8-10,16-23H2,2-6H3/t25-,29+,30-,31-,32-,33-,35-,36+/m0/s1. The van der Waals surface area contributed by atoms with Crippen molar-refractivity contribution in [3.63, 3.8) is 0 Å². The molecule has 8 atom stereocenters. The van der Waals surface area contributed by atoms with Crippen LogP contribution < -0.4 is 0 Å². The van der Waals surface area contributed by atoms with E-state index in [-0.39, 0.29) is 12.1 Å². The summed E-state index contributed by atoms with van der Waals surface area (Å²) in [5, 5.41) is 0. The summed E-state index contributed by atoms with van der Waals surface area (Å²) < 4.78 is 6.05. The van der Waals surface area contributed by atoms with E-state index in [2.05, 4.69) is 47.3 Å². The van der Waals surface area contributed by atoms with E-state index in [4.69, 9.17) is 4.74 Å². The fraction of sp³-hybridized carbons (Fsp3) is 0.694. The molecule has 208 valence electrons. The second kappa shape index (κ2) is 11.0. The van der Waals surface area contributed by atoms with Gasteiger partial charge in [0.25, 0.3) is 0 Å². The van der Waals surface area contributed by atoms with Crippen LogP contribution in [0.5, 0.6) is 0 Å². The largest absolute Gasteiger partial charge is 0.458 e. The fourth-order valence-corrected chi connectivity index (χ4v) is 9.73. The van der Waals surface area contributed by atoms with Gasteiger partial charge in [-0.1, -0.05) is 90.3 Å². The van der Waals surface area contributed by atoms with Gasteiger partial charge < -0.3 is 4.74 Å². The number of fused-ring (bicyclic) bond motifs is 5. The van der Waals surface area contributed by atoms with Gasteiger partial charge in [0.05, 0.1) is 5.56 Å². The molecule has 1 aromatic carbocycles. The van der Waals surface area contributed by atoms with E-state index in [1.165, 1.54) is 51.4 Å². The van der Waals surface area contributed by atoms with Crippen molar-refractivity contribution in [3.05, 3.63) is 53.6 Å². The lowest BCUT2D eigenvalue weighted by Crippen LogP contribution is -2.51. The Balaban J connectivity index is 1.24. The Labute approximate surface area is 232 Å². The molecule has 0 N–H and O–H groups in total. The first kappa shape index (κ1) is 27.7. The van der Waals surface area contributed by atoms with Gasteiger partial charge >= 0.3 is 5.97 Å². The summed E-state index contributed by atoms with van der Waals surface area (Å²) in [6.07, 6.45) is 18.6. The van der Waals surface area contributed by atoms with Crippen molar-refractivity contribution >= 4 is 12.0 Å². The zero-order chi connectivity index (χ0) is 27.1. The number of ether oxygens (including phenoxy) is 1. The summed E-state index contributed by atoms with van der Waals surface area (Å²) in [4.78, 5) is 12.9. The second-order valence-corrected chi connectivity index (χ2v) is 14.4. The highest BCUT2D eigenvalue weighted by Gasteiger charge is 2.59. The Bertz CT molecular complexity index is 1030. The smallest absolute Gasteiger partial charge is 0.338 e. The van der Waals surface area contributed by atoms with Crippen LogP contribution in [0.2, 0.25) is 0 Å². The zero-order valence-corrected chi connectivity index (χ0v) is 24.8. The number of hydrogen-bond donors (Lipinski definition) is 0. The molecule has 0 radical (unpaired) electrons. The van der Waals surface area contributed by atoms with Crippen molar-refractivity contribution in [3.8, 4) is 0 Å². The van der Waals surface area contributed by atoms with Crippen molar-refractivity contribution < 1.29 is 9.53 Å². The van der Waals surface area contributed by atoms with E-state index in [9.17, 15) is 4.79 Å². The number of esters is 1. The molecule has 0 unspecified atom stereocenters. The van der Waals surface area contributed by atoms with Gasteiger partial charge in [-0.25, -0.2) is 4.79 Å². The second-order valence-electron chi connectivity index (χ2n) is 14.4. The molecule has 2 heteroatoms. The molecule has 0 aromatic heterocycles. The summed E-state index contributed by atoms with van der Waals surface area (Å²) in [5.41, 5.74) is 4.08. The molecule has 0 spiro atoms. The Morgan fingerprint density at radius 2 is 1.79 bits per heavy atom. The Morgan fingerprint density at radius 3 is 2.50 bits per heavy atom. The lowest BCUT2D eigenvalue weighted by atomic mass is 9.47. The molecule has 0 heterocycles. The van der Waals surface area contributed by atoms with Crippen LogP contribution in [0.25, 0.3) is 6.08 Å². The van der Waals surface area contributed by atoms with Gasteiger partial charge in [0, 0.05) is 6.42 Å². The predicted octanol–water partition coefficient (Wildman–Crippen LogP) is 9.90. The Morgan fingerprint density at radius 1 is 1.03 bits per heavy atom. The highest BCUT2D eigenvalue weighted by Crippen LogP contribution is 2.67. The van der Waals surface area contributed by atoms with E-state index >= 15 is 0 Å². The minimum absolute atomic E-state index is 0.00821. The first-order valence-electron chi connectivity index (χ1n) is 15.8. The molecule has 0 saturated heterocycles. The third kappa shape index (κ3) is 5.06. The van der Waals surface area contributed by atoms with Crippen LogP contribution >= 0.6 is 0 Å². The first-order chi connectivity index (χ1) is 18.2. The average molecular weight is 517 g/mol. The molecule has 5 rings (SSSR count). The summed E-state index contributed by atoms with van der Waals surface area (Å²) in [6.45, 7) is 16.3. The normalized spacial score (nSPS) is 37.0. The minimum Gasteiger partial charge on any atom is -0.458 e. The highest BCUT2D eigenvalue weighted by atomic mass is 16.5. The van der Waals surface area contributed by atoms with Crippen molar-refractivity contribution in [1.29, 1.82) is 0 Å². The maximum atomic E-state index is 12.9. The lowest BCUT2D eigenvalue weighted by molar-refractivity contribution is -0.0594. The number of allylic oxidation sites excluding steroid dienone is 1. The van der Waals surface area contributed by atoms with Gasteiger partial charge in [0.2, 0.25) is 0 Å². The third-order valence-corrected chi connectivity index (χ3v) is 11.9.